The molecule has 0 amide bonds. The number of rotatable bonds is 6. The Morgan fingerprint density at radius 1 is 1.26 bits per heavy atom. The Labute approximate surface area is 115 Å². The molecule has 1 saturated heterocycles. The average Bonchev–Trinajstić information content (AvgIpc) is 2.74. The van der Waals surface area contributed by atoms with Crippen molar-refractivity contribution in [2.45, 2.75) is 25.4 Å². The topological polar surface area (TPSA) is 33.7 Å². The molecule has 106 valence electrons. The molecule has 1 aliphatic rings. The van der Waals surface area contributed by atoms with Crippen LogP contribution in [0.3, 0.4) is 0 Å². The molecule has 1 heterocycles. The summed E-state index contributed by atoms with van der Waals surface area (Å²) in [5.74, 6) is 1.74. The van der Waals surface area contributed by atoms with E-state index in [0.717, 1.165) is 24.6 Å². The molecule has 0 spiro atoms. The number of ether oxygens (including phenoxy) is 2. The molecular weight excluding hydrogens is 240 g/mol. The summed E-state index contributed by atoms with van der Waals surface area (Å²) >= 11 is 0. The lowest BCUT2D eigenvalue weighted by Gasteiger charge is -2.13. The van der Waals surface area contributed by atoms with Crippen LogP contribution in [0.2, 0.25) is 0 Å². The van der Waals surface area contributed by atoms with Crippen LogP contribution in [0.15, 0.2) is 24.3 Å². The molecule has 0 aromatic heterocycles. The minimum atomic E-state index is 0.597. The van der Waals surface area contributed by atoms with Gasteiger partial charge >= 0.3 is 0 Å². The first-order valence-electron chi connectivity index (χ1n) is 6.89. The highest BCUT2D eigenvalue weighted by molar-refractivity contribution is 5.31. The van der Waals surface area contributed by atoms with Gasteiger partial charge in [-0.3, -0.25) is 0 Å². The fourth-order valence-electron chi connectivity index (χ4n) is 2.45. The van der Waals surface area contributed by atoms with Crippen molar-refractivity contribution < 1.29 is 9.47 Å². The largest absolute Gasteiger partial charge is 0.497 e. The highest BCUT2D eigenvalue weighted by atomic mass is 16.5. The maximum absolute atomic E-state index is 5.69. The minimum absolute atomic E-state index is 0.597. The van der Waals surface area contributed by atoms with Crippen LogP contribution in [0.4, 0.5) is 0 Å². The van der Waals surface area contributed by atoms with E-state index in [1.54, 1.807) is 7.11 Å². The summed E-state index contributed by atoms with van der Waals surface area (Å²) in [6, 6.07) is 8.97. The van der Waals surface area contributed by atoms with Gasteiger partial charge in [0.05, 0.1) is 7.11 Å². The van der Waals surface area contributed by atoms with E-state index >= 15 is 0 Å². The number of methoxy groups -OCH3 is 1. The van der Waals surface area contributed by atoms with E-state index in [-0.39, 0.29) is 0 Å². The lowest BCUT2D eigenvalue weighted by Crippen LogP contribution is -2.34. The predicted octanol–water partition coefficient (Wildman–Crippen LogP) is 1.76. The third-order valence-electron chi connectivity index (χ3n) is 3.75. The van der Waals surface area contributed by atoms with E-state index < -0.39 is 0 Å². The molecule has 1 fully saturated rings. The molecule has 1 aromatic rings. The summed E-state index contributed by atoms with van der Waals surface area (Å²) in [5.41, 5.74) is 0. The first kappa shape index (κ1) is 14.2. The van der Waals surface area contributed by atoms with Gasteiger partial charge in [0.2, 0.25) is 0 Å². The van der Waals surface area contributed by atoms with Gasteiger partial charge in [-0.15, -0.1) is 0 Å². The van der Waals surface area contributed by atoms with E-state index in [2.05, 4.69) is 24.2 Å². The van der Waals surface area contributed by atoms with Crippen molar-refractivity contribution in [3.8, 4) is 11.5 Å². The lowest BCUT2D eigenvalue weighted by atomic mass is 10.2. The highest BCUT2D eigenvalue weighted by Crippen LogP contribution is 2.17. The van der Waals surface area contributed by atoms with Gasteiger partial charge in [0.25, 0.3) is 0 Å². The number of benzene rings is 1. The summed E-state index contributed by atoms with van der Waals surface area (Å²) < 4.78 is 10.8. The maximum Gasteiger partial charge on any atom is 0.119 e. The van der Waals surface area contributed by atoms with Crippen molar-refractivity contribution >= 4 is 0 Å². The number of hydrogen-bond acceptors (Lipinski definition) is 4. The van der Waals surface area contributed by atoms with Crippen molar-refractivity contribution in [2.75, 3.05) is 33.9 Å². The standard InChI is InChI=1S/C15H24N2O2/c1-12-10-13(11-17(12)2)16-8-9-19-15-6-4-14(18-3)5-7-15/h4-7,12-13,16H,8-11H2,1-3H3/t12-,13-/m0/s1. The van der Waals surface area contributed by atoms with Gasteiger partial charge in [-0.05, 0) is 44.7 Å². The summed E-state index contributed by atoms with van der Waals surface area (Å²) in [6.07, 6.45) is 1.22. The zero-order chi connectivity index (χ0) is 13.7. The van der Waals surface area contributed by atoms with E-state index in [4.69, 9.17) is 9.47 Å². The highest BCUT2D eigenvalue weighted by Gasteiger charge is 2.25. The van der Waals surface area contributed by atoms with Gasteiger partial charge in [-0.25, -0.2) is 0 Å². The second-order valence-corrected chi connectivity index (χ2v) is 5.20. The number of hydrogen-bond donors (Lipinski definition) is 1. The number of likely N-dealkylation sites (N-methyl/N-ethyl adjacent to an activating group) is 1. The minimum Gasteiger partial charge on any atom is -0.497 e. The number of nitrogens with zero attached hydrogens (tertiary/aromatic N) is 1. The third-order valence-corrected chi connectivity index (χ3v) is 3.75. The molecule has 0 saturated carbocycles. The Balaban J connectivity index is 1.64. The van der Waals surface area contributed by atoms with Crippen molar-refractivity contribution in [1.82, 2.24) is 10.2 Å². The maximum atomic E-state index is 5.69. The predicted molar refractivity (Wildman–Crippen MR) is 77.0 cm³/mol. The fourth-order valence-corrected chi connectivity index (χ4v) is 2.45. The number of likely N-dealkylation sites (tertiary alicyclic amines) is 1. The van der Waals surface area contributed by atoms with Crippen LogP contribution in [-0.2, 0) is 0 Å². The van der Waals surface area contributed by atoms with Gasteiger partial charge in [0, 0.05) is 25.2 Å². The van der Waals surface area contributed by atoms with E-state index in [0.29, 0.717) is 18.7 Å². The van der Waals surface area contributed by atoms with Crippen LogP contribution in [0, 0.1) is 0 Å². The fraction of sp³-hybridized carbons (Fsp3) is 0.600. The van der Waals surface area contributed by atoms with Gasteiger partial charge in [0.15, 0.2) is 0 Å². The molecule has 4 nitrogen and oxygen atoms in total. The van der Waals surface area contributed by atoms with E-state index in [1.807, 2.05) is 24.3 Å². The average molecular weight is 264 g/mol. The quantitative estimate of drug-likeness (QED) is 0.794. The molecule has 0 aliphatic carbocycles. The van der Waals surface area contributed by atoms with Crippen LogP contribution in [0.1, 0.15) is 13.3 Å². The second-order valence-electron chi connectivity index (χ2n) is 5.20. The zero-order valence-corrected chi connectivity index (χ0v) is 12.1. The monoisotopic (exact) mass is 264 g/mol. The Morgan fingerprint density at radius 3 is 2.53 bits per heavy atom. The van der Waals surface area contributed by atoms with E-state index in [9.17, 15) is 0 Å². The first-order valence-corrected chi connectivity index (χ1v) is 6.89. The van der Waals surface area contributed by atoms with Crippen LogP contribution in [-0.4, -0.2) is 50.8 Å². The molecule has 1 aromatic carbocycles. The smallest absolute Gasteiger partial charge is 0.119 e. The second kappa shape index (κ2) is 6.78. The van der Waals surface area contributed by atoms with Crippen LogP contribution in [0.25, 0.3) is 0 Å². The first-order chi connectivity index (χ1) is 9.19. The summed E-state index contributed by atoms with van der Waals surface area (Å²) in [6.45, 7) is 4.98. The molecular formula is C15H24N2O2. The molecule has 0 radical (unpaired) electrons. The van der Waals surface area contributed by atoms with Crippen molar-refractivity contribution in [1.29, 1.82) is 0 Å². The van der Waals surface area contributed by atoms with Crippen molar-refractivity contribution in [3.05, 3.63) is 24.3 Å². The Hall–Kier alpha value is -1.26. The Kier molecular flexibility index (Phi) is 5.05. The van der Waals surface area contributed by atoms with Gasteiger partial charge in [-0.2, -0.15) is 0 Å². The van der Waals surface area contributed by atoms with Gasteiger partial charge in [-0.1, -0.05) is 0 Å². The lowest BCUT2D eigenvalue weighted by molar-refractivity contribution is 0.300. The van der Waals surface area contributed by atoms with Gasteiger partial charge < -0.3 is 19.7 Å². The summed E-state index contributed by atoms with van der Waals surface area (Å²) in [4.78, 5) is 2.39. The van der Waals surface area contributed by atoms with Crippen LogP contribution < -0.4 is 14.8 Å². The van der Waals surface area contributed by atoms with Crippen LogP contribution in [0.5, 0.6) is 11.5 Å². The van der Waals surface area contributed by atoms with E-state index in [1.165, 1.54) is 6.42 Å². The van der Waals surface area contributed by atoms with Crippen molar-refractivity contribution in [3.63, 3.8) is 0 Å². The molecule has 0 unspecified atom stereocenters. The molecule has 1 N–H and O–H groups in total. The van der Waals surface area contributed by atoms with Crippen LogP contribution >= 0.6 is 0 Å². The Morgan fingerprint density at radius 2 is 1.95 bits per heavy atom. The van der Waals surface area contributed by atoms with Crippen molar-refractivity contribution in [2.24, 2.45) is 0 Å². The molecule has 2 atom stereocenters. The molecule has 19 heavy (non-hydrogen) atoms. The third kappa shape index (κ3) is 4.11. The normalized spacial score (nSPS) is 23.5. The molecule has 0 bridgehead atoms. The summed E-state index contributed by atoms with van der Waals surface area (Å²) in [5, 5.41) is 3.54. The Bertz CT molecular complexity index is 370. The van der Waals surface area contributed by atoms with Gasteiger partial charge in [0.1, 0.15) is 18.1 Å². The zero-order valence-electron chi connectivity index (χ0n) is 12.1. The SMILES string of the molecule is COc1ccc(OCCN[C@H]2C[C@H](C)N(C)C2)cc1. The molecule has 4 heteroatoms. The number of nitrogens with one attached hydrogen (secondary N) is 1. The molecule has 2 rings (SSSR count). The summed E-state index contributed by atoms with van der Waals surface area (Å²) in [7, 11) is 3.85. The molecule has 1 aliphatic heterocycles.